The number of rotatable bonds is 2. The highest BCUT2D eigenvalue weighted by molar-refractivity contribution is 6.31. The van der Waals surface area contributed by atoms with Crippen molar-refractivity contribution < 1.29 is 9.53 Å². The Morgan fingerprint density at radius 1 is 1.41 bits per heavy atom. The summed E-state index contributed by atoms with van der Waals surface area (Å²) in [6.45, 7) is 1.28. The molecule has 1 saturated heterocycles. The number of anilines is 2. The number of hydrogen-bond acceptors (Lipinski definition) is 3. The van der Waals surface area contributed by atoms with Crippen LogP contribution in [-0.4, -0.2) is 19.1 Å². The number of hydrogen-bond donors (Lipinski definition) is 2. The number of amides is 1. The van der Waals surface area contributed by atoms with Gasteiger partial charge in [-0.3, -0.25) is 4.79 Å². The predicted octanol–water partition coefficient (Wildman–Crippen LogP) is 2.29. The second-order valence-electron chi connectivity index (χ2n) is 4.11. The summed E-state index contributed by atoms with van der Waals surface area (Å²) in [7, 11) is 0. The maximum atomic E-state index is 12.0. The molecule has 0 atom stereocenters. The minimum absolute atomic E-state index is 0.00197. The van der Waals surface area contributed by atoms with Crippen molar-refractivity contribution in [1.82, 2.24) is 0 Å². The number of carbonyl (C=O) groups excluding carboxylic acids is 1. The second-order valence-corrected chi connectivity index (χ2v) is 4.54. The van der Waals surface area contributed by atoms with E-state index in [9.17, 15) is 4.79 Å². The Bertz CT molecular complexity index is 417. The lowest BCUT2D eigenvalue weighted by Gasteiger charge is -2.21. The van der Waals surface area contributed by atoms with E-state index in [0.29, 0.717) is 29.6 Å². The Hall–Kier alpha value is -1.26. The molecule has 17 heavy (non-hydrogen) atoms. The molecule has 1 aromatic carbocycles. The maximum Gasteiger partial charge on any atom is 0.227 e. The van der Waals surface area contributed by atoms with E-state index in [0.717, 1.165) is 12.8 Å². The van der Waals surface area contributed by atoms with Crippen molar-refractivity contribution in [2.75, 3.05) is 24.3 Å². The van der Waals surface area contributed by atoms with Crippen LogP contribution < -0.4 is 11.1 Å². The molecule has 5 heteroatoms. The van der Waals surface area contributed by atoms with Crippen molar-refractivity contribution in [2.24, 2.45) is 5.92 Å². The first-order valence-electron chi connectivity index (χ1n) is 5.60. The minimum atomic E-state index is -0.0118. The van der Waals surface area contributed by atoms with E-state index in [1.807, 2.05) is 0 Å². The van der Waals surface area contributed by atoms with E-state index in [4.69, 9.17) is 22.1 Å². The fourth-order valence-electron chi connectivity index (χ4n) is 1.83. The molecular formula is C12H15ClN2O2. The van der Waals surface area contributed by atoms with Gasteiger partial charge in [-0.05, 0) is 31.0 Å². The number of halogens is 1. The van der Waals surface area contributed by atoms with Gasteiger partial charge in [0.2, 0.25) is 5.91 Å². The van der Waals surface area contributed by atoms with Crippen LogP contribution in [0.2, 0.25) is 5.02 Å². The van der Waals surface area contributed by atoms with E-state index in [-0.39, 0.29) is 11.8 Å². The lowest BCUT2D eigenvalue weighted by atomic mass is 9.99. The molecule has 92 valence electrons. The monoisotopic (exact) mass is 254 g/mol. The van der Waals surface area contributed by atoms with Crippen LogP contribution >= 0.6 is 11.6 Å². The molecule has 0 unspecified atom stereocenters. The van der Waals surface area contributed by atoms with Gasteiger partial charge < -0.3 is 15.8 Å². The van der Waals surface area contributed by atoms with Gasteiger partial charge in [-0.2, -0.15) is 0 Å². The molecule has 0 bridgehead atoms. The van der Waals surface area contributed by atoms with Crippen molar-refractivity contribution in [3.8, 4) is 0 Å². The number of ether oxygens (including phenoxy) is 1. The van der Waals surface area contributed by atoms with Crippen molar-refractivity contribution in [2.45, 2.75) is 12.8 Å². The SMILES string of the molecule is Nc1ccc(Cl)cc1NC(=O)C1CCOCC1. The van der Waals surface area contributed by atoms with Crippen molar-refractivity contribution in [3.63, 3.8) is 0 Å². The second kappa shape index (κ2) is 5.38. The first-order chi connectivity index (χ1) is 8.16. The fourth-order valence-corrected chi connectivity index (χ4v) is 2.00. The molecule has 1 fully saturated rings. The summed E-state index contributed by atoms with van der Waals surface area (Å²) in [5.74, 6) is -0.00982. The third-order valence-electron chi connectivity index (χ3n) is 2.87. The molecule has 1 aliphatic rings. The molecule has 0 aliphatic carbocycles. The van der Waals surface area contributed by atoms with Crippen LogP contribution in [0.25, 0.3) is 0 Å². The molecule has 0 radical (unpaired) electrons. The molecular weight excluding hydrogens is 240 g/mol. The normalized spacial score (nSPS) is 16.8. The Morgan fingerprint density at radius 2 is 2.12 bits per heavy atom. The van der Waals surface area contributed by atoms with E-state index >= 15 is 0 Å². The van der Waals surface area contributed by atoms with E-state index in [2.05, 4.69) is 5.32 Å². The smallest absolute Gasteiger partial charge is 0.227 e. The standard InChI is InChI=1S/C12H15ClN2O2/c13-9-1-2-10(14)11(7-9)15-12(16)8-3-5-17-6-4-8/h1-2,7-8H,3-6,14H2,(H,15,16). The van der Waals surface area contributed by atoms with Gasteiger partial charge in [0.1, 0.15) is 0 Å². The molecule has 0 spiro atoms. The highest BCUT2D eigenvalue weighted by atomic mass is 35.5. The maximum absolute atomic E-state index is 12.0. The lowest BCUT2D eigenvalue weighted by molar-refractivity contribution is -0.122. The molecule has 1 heterocycles. The summed E-state index contributed by atoms with van der Waals surface area (Å²) < 4.78 is 5.22. The van der Waals surface area contributed by atoms with Gasteiger partial charge in [-0.15, -0.1) is 0 Å². The molecule has 4 nitrogen and oxygen atoms in total. The van der Waals surface area contributed by atoms with Crippen LogP contribution in [0.15, 0.2) is 18.2 Å². The van der Waals surface area contributed by atoms with Gasteiger partial charge in [0, 0.05) is 24.2 Å². The quantitative estimate of drug-likeness (QED) is 0.796. The van der Waals surface area contributed by atoms with Crippen LogP contribution in [0.3, 0.4) is 0 Å². The molecule has 0 saturated carbocycles. The van der Waals surface area contributed by atoms with Crippen LogP contribution in [-0.2, 0) is 9.53 Å². The van der Waals surface area contributed by atoms with Crippen molar-refractivity contribution in [1.29, 1.82) is 0 Å². The van der Waals surface area contributed by atoms with Crippen LogP contribution in [0.1, 0.15) is 12.8 Å². The summed E-state index contributed by atoms with van der Waals surface area (Å²) in [6.07, 6.45) is 1.51. The summed E-state index contributed by atoms with van der Waals surface area (Å²) >= 11 is 5.86. The number of nitrogen functional groups attached to an aromatic ring is 1. The first kappa shape index (κ1) is 12.2. The van der Waals surface area contributed by atoms with E-state index in [1.54, 1.807) is 18.2 Å². The summed E-state index contributed by atoms with van der Waals surface area (Å²) in [5, 5.41) is 3.37. The molecule has 3 N–H and O–H groups in total. The third kappa shape index (κ3) is 3.11. The zero-order valence-electron chi connectivity index (χ0n) is 9.41. The summed E-state index contributed by atoms with van der Waals surface area (Å²) in [6, 6.07) is 5.04. The molecule has 1 aromatic rings. The van der Waals surface area contributed by atoms with Gasteiger partial charge in [0.05, 0.1) is 11.4 Å². The Kier molecular flexibility index (Phi) is 3.86. The van der Waals surface area contributed by atoms with Crippen LogP contribution in [0.4, 0.5) is 11.4 Å². The molecule has 1 amide bonds. The molecule has 2 rings (SSSR count). The van der Waals surface area contributed by atoms with Gasteiger partial charge in [-0.25, -0.2) is 0 Å². The Balaban J connectivity index is 2.04. The molecule has 1 aliphatic heterocycles. The highest BCUT2D eigenvalue weighted by Gasteiger charge is 2.21. The first-order valence-corrected chi connectivity index (χ1v) is 5.98. The van der Waals surface area contributed by atoms with Gasteiger partial charge in [0.25, 0.3) is 0 Å². The van der Waals surface area contributed by atoms with Gasteiger partial charge in [-0.1, -0.05) is 11.6 Å². The van der Waals surface area contributed by atoms with Gasteiger partial charge >= 0.3 is 0 Å². The van der Waals surface area contributed by atoms with Crippen LogP contribution in [0, 0.1) is 5.92 Å². The highest BCUT2D eigenvalue weighted by Crippen LogP contribution is 2.24. The van der Waals surface area contributed by atoms with Crippen molar-refractivity contribution >= 4 is 28.9 Å². The average molecular weight is 255 g/mol. The number of nitrogens with one attached hydrogen (secondary N) is 1. The van der Waals surface area contributed by atoms with E-state index < -0.39 is 0 Å². The number of carbonyl (C=O) groups is 1. The topological polar surface area (TPSA) is 64.3 Å². The lowest BCUT2D eigenvalue weighted by Crippen LogP contribution is -2.28. The Morgan fingerprint density at radius 3 is 2.82 bits per heavy atom. The number of nitrogens with two attached hydrogens (primary N) is 1. The predicted molar refractivity (Wildman–Crippen MR) is 68.0 cm³/mol. The third-order valence-corrected chi connectivity index (χ3v) is 3.10. The molecule has 0 aromatic heterocycles. The zero-order valence-corrected chi connectivity index (χ0v) is 10.2. The van der Waals surface area contributed by atoms with Gasteiger partial charge in [0.15, 0.2) is 0 Å². The van der Waals surface area contributed by atoms with E-state index in [1.165, 1.54) is 0 Å². The van der Waals surface area contributed by atoms with Crippen molar-refractivity contribution in [3.05, 3.63) is 23.2 Å². The average Bonchev–Trinajstić information content (AvgIpc) is 2.35. The summed E-state index contributed by atoms with van der Waals surface area (Å²) in [4.78, 5) is 12.0. The summed E-state index contributed by atoms with van der Waals surface area (Å²) in [5.41, 5.74) is 6.87. The number of benzene rings is 1. The fraction of sp³-hybridized carbons (Fsp3) is 0.417. The largest absolute Gasteiger partial charge is 0.397 e. The Labute approximate surface area is 105 Å². The van der Waals surface area contributed by atoms with Crippen LogP contribution in [0.5, 0.6) is 0 Å². The minimum Gasteiger partial charge on any atom is -0.397 e. The zero-order chi connectivity index (χ0) is 12.3.